The van der Waals surface area contributed by atoms with E-state index < -0.39 is 35.5 Å². The van der Waals surface area contributed by atoms with Gasteiger partial charge in [-0.3, -0.25) is 14.9 Å². The first-order chi connectivity index (χ1) is 12.6. The number of ether oxygens (including phenoxy) is 1. The second kappa shape index (κ2) is 6.45. The van der Waals surface area contributed by atoms with Gasteiger partial charge < -0.3 is 10.1 Å². The Hall–Kier alpha value is -3.30. The van der Waals surface area contributed by atoms with Crippen molar-refractivity contribution in [1.82, 2.24) is 15.5 Å². The maximum Gasteiger partial charge on any atom is 0.573 e. The predicted molar refractivity (Wildman–Crippen MR) is 86.1 cm³/mol. The number of urea groups is 1. The first-order valence-corrected chi connectivity index (χ1v) is 7.78. The van der Waals surface area contributed by atoms with Crippen LogP contribution in [0.3, 0.4) is 0 Å². The van der Waals surface area contributed by atoms with Gasteiger partial charge in [0.25, 0.3) is 11.8 Å². The number of nitrogens with one attached hydrogen (secondary N) is 2. The summed E-state index contributed by atoms with van der Waals surface area (Å²) in [5.41, 5.74) is -1.70. The Balaban J connectivity index is 2.16. The first-order valence-electron chi connectivity index (χ1n) is 7.78. The van der Waals surface area contributed by atoms with E-state index in [1.165, 1.54) is 37.4 Å². The molecular formula is C17H14F3N3O4. The Bertz CT molecular complexity index is 878. The highest BCUT2D eigenvalue weighted by molar-refractivity contribution is 6.17. The van der Waals surface area contributed by atoms with Crippen LogP contribution in [0, 0.1) is 0 Å². The number of carbonyl (C=O) groups excluding carboxylic acids is 3. The van der Waals surface area contributed by atoms with Gasteiger partial charge in [0, 0.05) is 5.57 Å². The van der Waals surface area contributed by atoms with Crippen LogP contribution in [-0.4, -0.2) is 35.7 Å². The summed E-state index contributed by atoms with van der Waals surface area (Å²) in [6, 6.07) is 3.68. The zero-order valence-electron chi connectivity index (χ0n) is 14.0. The smallest absolute Gasteiger partial charge is 0.406 e. The molecule has 2 heterocycles. The van der Waals surface area contributed by atoms with Gasteiger partial charge in [-0.15, -0.1) is 13.2 Å². The molecule has 0 aliphatic carbocycles. The highest BCUT2D eigenvalue weighted by atomic mass is 19.4. The molecule has 0 spiro atoms. The maximum absolute atomic E-state index is 12.8. The fourth-order valence-electron chi connectivity index (χ4n) is 2.98. The number of fused-ring (bicyclic) bond motifs is 1. The number of nitrogens with zero attached hydrogens (tertiary/aromatic N) is 1. The molecule has 7 nitrogen and oxygen atoms in total. The number of halogens is 3. The SMILES string of the molecule is C/C1=C/C=C\NCC2(c3cccc(OC(F)(F)F)c3)C(=O)NC(=O)N2C1=O. The summed E-state index contributed by atoms with van der Waals surface area (Å²) in [6.45, 7) is 1.23. The van der Waals surface area contributed by atoms with Crippen molar-refractivity contribution in [2.24, 2.45) is 0 Å². The van der Waals surface area contributed by atoms with Crippen LogP contribution in [-0.2, 0) is 15.1 Å². The summed E-state index contributed by atoms with van der Waals surface area (Å²) < 4.78 is 41.6. The van der Waals surface area contributed by atoms with E-state index in [0.717, 1.165) is 12.1 Å². The molecule has 0 saturated carbocycles. The molecule has 1 atom stereocenters. The molecule has 2 N–H and O–H groups in total. The minimum absolute atomic E-state index is 0.00319. The highest BCUT2D eigenvalue weighted by Crippen LogP contribution is 2.37. The lowest BCUT2D eigenvalue weighted by Gasteiger charge is -2.34. The molecule has 0 radical (unpaired) electrons. The second-order valence-corrected chi connectivity index (χ2v) is 5.93. The molecule has 1 aromatic rings. The van der Waals surface area contributed by atoms with Gasteiger partial charge in [0.15, 0.2) is 5.54 Å². The van der Waals surface area contributed by atoms with Gasteiger partial charge in [-0.1, -0.05) is 18.2 Å². The number of alkyl halides is 3. The summed E-state index contributed by atoms with van der Waals surface area (Å²) in [4.78, 5) is 38.5. The molecule has 3 rings (SSSR count). The maximum atomic E-state index is 12.8. The van der Waals surface area contributed by atoms with Crippen molar-refractivity contribution in [3.8, 4) is 5.75 Å². The van der Waals surface area contributed by atoms with Gasteiger partial charge in [-0.25, -0.2) is 9.69 Å². The van der Waals surface area contributed by atoms with Gasteiger partial charge in [-0.05, 0) is 36.9 Å². The second-order valence-electron chi connectivity index (χ2n) is 5.93. The van der Waals surface area contributed by atoms with Crippen molar-refractivity contribution in [2.75, 3.05) is 6.54 Å². The third-order valence-electron chi connectivity index (χ3n) is 4.18. The van der Waals surface area contributed by atoms with Crippen molar-refractivity contribution in [3.05, 3.63) is 53.8 Å². The number of hydrogen-bond donors (Lipinski definition) is 2. The standard InChI is InChI=1S/C17H14F3N3O4/c1-10-4-3-7-21-9-16(14(25)22-15(26)23(16)13(10)24)11-5-2-6-12(8-11)27-17(18,19)20/h2-8,21H,9H2,1H3,(H,22,25,26)/b7-3-,10-4-. The minimum atomic E-state index is -4.93. The van der Waals surface area contributed by atoms with Crippen LogP contribution in [0.1, 0.15) is 12.5 Å². The van der Waals surface area contributed by atoms with Crippen LogP contribution < -0.4 is 15.4 Å². The van der Waals surface area contributed by atoms with Crippen LogP contribution in [0.4, 0.5) is 18.0 Å². The Kier molecular flexibility index (Phi) is 4.42. The summed E-state index contributed by atoms with van der Waals surface area (Å²) in [5.74, 6) is -2.15. The molecule has 4 amide bonds. The number of hydrogen-bond acceptors (Lipinski definition) is 5. The Morgan fingerprint density at radius 1 is 1.22 bits per heavy atom. The summed E-state index contributed by atoms with van der Waals surface area (Å²) in [7, 11) is 0. The van der Waals surface area contributed by atoms with E-state index in [1.54, 1.807) is 0 Å². The number of allylic oxidation sites excluding steroid dienone is 2. The molecule has 142 valence electrons. The van der Waals surface area contributed by atoms with E-state index in [9.17, 15) is 27.6 Å². The lowest BCUT2D eigenvalue weighted by atomic mass is 9.87. The quantitative estimate of drug-likeness (QED) is 0.765. The van der Waals surface area contributed by atoms with Gasteiger partial charge in [0.05, 0.1) is 6.54 Å². The van der Waals surface area contributed by atoms with E-state index >= 15 is 0 Å². The third kappa shape index (κ3) is 3.25. The largest absolute Gasteiger partial charge is 0.573 e. The fourth-order valence-corrected chi connectivity index (χ4v) is 2.98. The van der Waals surface area contributed by atoms with E-state index in [0.29, 0.717) is 4.90 Å². The van der Waals surface area contributed by atoms with Gasteiger partial charge in [0.2, 0.25) is 0 Å². The van der Waals surface area contributed by atoms with Gasteiger partial charge in [-0.2, -0.15) is 0 Å². The molecule has 0 bridgehead atoms. The van der Waals surface area contributed by atoms with Crippen molar-refractivity contribution < 1.29 is 32.3 Å². The lowest BCUT2D eigenvalue weighted by Crippen LogP contribution is -2.55. The van der Waals surface area contributed by atoms with Crippen LogP contribution in [0.25, 0.3) is 0 Å². The molecule has 1 unspecified atom stereocenters. The third-order valence-corrected chi connectivity index (χ3v) is 4.18. The van der Waals surface area contributed by atoms with Crippen molar-refractivity contribution >= 4 is 17.8 Å². The highest BCUT2D eigenvalue weighted by Gasteiger charge is 2.57. The molecule has 2 aliphatic heterocycles. The van der Waals surface area contributed by atoms with E-state index in [1.807, 2.05) is 0 Å². The molecule has 10 heteroatoms. The molecule has 2 aliphatic rings. The summed E-state index contributed by atoms with van der Waals surface area (Å²) >= 11 is 0. The fraction of sp³-hybridized carbons (Fsp3) is 0.235. The molecule has 1 saturated heterocycles. The Morgan fingerprint density at radius 3 is 2.67 bits per heavy atom. The molecule has 1 aromatic carbocycles. The minimum Gasteiger partial charge on any atom is -0.406 e. The van der Waals surface area contributed by atoms with Gasteiger partial charge >= 0.3 is 12.4 Å². The van der Waals surface area contributed by atoms with Crippen LogP contribution in [0.15, 0.2) is 48.2 Å². The molecule has 0 aromatic heterocycles. The Morgan fingerprint density at radius 2 is 1.96 bits per heavy atom. The zero-order valence-corrected chi connectivity index (χ0v) is 14.0. The van der Waals surface area contributed by atoms with Crippen molar-refractivity contribution in [3.63, 3.8) is 0 Å². The van der Waals surface area contributed by atoms with Crippen LogP contribution >= 0.6 is 0 Å². The average Bonchev–Trinajstić information content (AvgIpc) is 2.85. The zero-order chi connectivity index (χ0) is 19.8. The van der Waals surface area contributed by atoms with Crippen molar-refractivity contribution in [1.29, 1.82) is 0 Å². The number of carbonyl (C=O) groups is 3. The molecule has 1 fully saturated rings. The molecular weight excluding hydrogens is 367 g/mol. The monoisotopic (exact) mass is 381 g/mol. The first kappa shape index (κ1) is 18.5. The lowest BCUT2D eigenvalue weighted by molar-refractivity contribution is -0.274. The topological polar surface area (TPSA) is 87.7 Å². The normalized spacial score (nSPS) is 26.0. The number of benzene rings is 1. The van der Waals surface area contributed by atoms with Gasteiger partial charge in [0.1, 0.15) is 5.75 Å². The summed E-state index contributed by atoms with van der Waals surface area (Å²) in [6.07, 6.45) is -0.494. The Labute approximate surface area is 151 Å². The number of amides is 4. The predicted octanol–water partition coefficient (Wildman–Crippen LogP) is 1.92. The number of rotatable bonds is 2. The molecule has 27 heavy (non-hydrogen) atoms. The number of imide groups is 2. The van der Waals surface area contributed by atoms with Crippen LogP contribution in [0.5, 0.6) is 5.75 Å². The van der Waals surface area contributed by atoms with Crippen LogP contribution in [0.2, 0.25) is 0 Å². The van der Waals surface area contributed by atoms with E-state index in [2.05, 4.69) is 15.4 Å². The van der Waals surface area contributed by atoms with E-state index in [-0.39, 0.29) is 17.7 Å². The van der Waals surface area contributed by atoms with Crippen molar-refractivity contribution in [2.45, 2.75) is 18.8 Å². The summed E-state index contributed by atoms with van der Waals surface area (Å²) in [5, 5.41) is 4.87. The van der Waals surface area contributed by atoms with E-state index in [4.69, 9.17) is 0 Å². The average molecular weight is 381 g/mol.